The molecule has 2 rings (SSSR count). The highest BCUT2D eigenvalue weighted by Gasteiger charge is 2.13. The third-order valence-corrected chi connectivity index (χ3v) is 2.64. The van der Waals surface area contributed by atoms with Crippen molar-refractivity contribution in [1.82, 2.24) is 4.98 Å². The maximum atomic E-state index is 12.2. The minimum atomic E-state index is -0.258. The molecule has 0 atom stereocenters. The number of rotatable bonds is 5. The van der Waals surface area contributed by atoms with Crippen molar-refractivity contribution in [1.29, 1.82) is 0 Å². The van der Waals surface area contributed by atoms with Crippen LogP contribution in [0.2, 0.25) is 0 Å². The Balaban J connectivity index is 2.15. The van der Waals surface area contributed by atoms with Crippen molar-refractivity contribution < 1.29 is 14.3 Å². The van der Waals surface area contributed by atoms with Crippen LogP contribution in [0, 0.1) is 0 Å². The molecule has 1 amide bonds. The third-order valence-electron chi connectivity index (χ3n) is 2.64. The lowest BCUT2D eigenvalue weighted by Crippen LogP contribution is -2.14. The summed E-state index contributed by atoms with van der Waals surface area (Å²) in [7, 11) is 1.59. The normalized spacial score (nSPS) is 9.90. The first kappa shape index (κ1) is 13.9. The fourth-order valence-corrected chi connectivity index (χ4v) is 1.69. The zero-order valence-electron chi connectivity index (χ0n) is 11.4. The number of carbonyl (C=O) groups is 1. The predicted octanol–water partition coefficient (Wildman–Crippen LogP) is 2.74. The summed E-state index contributed by atoms with van der Waals surface area (Å²) in [5.41, 5.74) is 1.09. The summed E-state index contributed by atoms with van der Waals surface area (Å²) < 4.78 is 10.4. The van der Waals surface area contributed by atoms with Crippen molar-refractivity contribution >= 4 is 11.6 Å². The zero-order valence-corrected chi connectivity index (χ0v) is 11.4. The Hall–Kier alpha value is -2.56. The number of nitrogens with zero attached hydrogens (tertiary/aromatic N) is 1. The molecule has 1 aromatic carbocycles. The van der Waals surface area contributed by atoms with Crippen molar-refractivity contribution in [2.75, 3.05) is 19.0 Å². The van der Waals surface area contributed by atoms with Gasteiger partial charge in [0.15, 0.2) is 0 Å². The van der Waals surface area contributed by atoms with Crippen molar-refractivity contribution in [3.63, 3.8) is 0 Å². The van der Waals surface area contributed by atoms with Gasteiger partial charge < -0.3 is 14.8 Å². The molecule has 0 aliphatic heterocycles. The average Bonchev–Trinajstić information content (AvgIpc) is 2.49. The summed E-state index contributed by atoms with van der Waals surface area (Å²) >= 11 is 0. The van der Waals surface area contributed by atoms with E-state index in [1.807, 2.05) is 6.92 Å². The van der Waals surface area contributed by atoms with Crippen molar-refractivity contribution in [3.8, 4) is 11.6 Å². The maximum absolute atomic E-state index is 12.2. The van der Waals surface area contributed by atoms with E-state index in [0.717, 1.165) is 5.75 Å². The van der Waals surface area contributed by atoms with Crippen LogP contribution in [0.1, 0.15) is 17.3 Å². The Morgan fingerprint density at radius 2 is 2.00 bits per heavy atom. The second-order valence-electron chi connectivity index (χ2n) is 3.97. The van der Waals surface area contributed by atoms with Crippen LogP contribution in [0.25, 0.3) is 0 Å². The smallest absolute Gasteiger partial charge is 0.261 e. The lowest BCUT2D eigenvalue weighted by molar-refractivity contribution is 0.102. The quantitative estimate of drug-likeness (QED) is 0.909. The Bertz CT molecular complexity index is 582. The molecule has 0 saturated carbocycles. The molecule has 0 spiro atoms. The van der Waals surface area contributed by atoms with Gasteiger partial charge in [-0.05, 0) is 43.3 Å². The molecule has 1 heterocycles. The fourth-order valence-electron chi connectivity index (χ4n) is 1.69. The number of carbonyl (C=O) groups excluding carboxylic acids is 1. The highest BCUT2D eigenvalue weighted by molar-refractivity contribution is 6.05. The lowest BCUT2D eigenvalue weighted by Gasteiger charge is -2.09. The third kappa shape index (κ3) is 3.26. The molecule has 0 fully saturated rings. The molecule has 1 aromatic heterocycles. The second-order valence-corrected chi connectivity index (χ2v) is 3.97. The van der Waals surface area contributed by atoms with E-state index in [0.29, 0.717) is 23.7 Å². The molecule has 0 bridgehead atoms. The number of pyridine rings is 1. The molecule has 5 nitrogen and oxygen atoms in total. The first-order valence-electron chi connectivity index (χ1n) is 6.27. The van der Waals surface area contributed by atoms with Crippen LogP contribution >= 0.6 is 0 Å². The largest absolute Gasteiger partial charge is 0.497 e. The van der Waals surface area contributed by atoms with Gasteiger partial charge >= 0.3 is 0 Å². The molecular weight excluding hydrogens is 256 g/mol. The van der Waals surface area contributed by atoms with E-state index in [2.05, 4.69) is 10.3 Å². The van der Waals surface area contributed by atoms with Gasteiger partial charge in [-0.15, -0.1) is 0 Å². The lowest BCUT2D eigenvalue weighted by atomic mass is 10.2. The van der Waals surface area contributed by atoms with Crippen LogP contribution in [0.4, 0.5) is 5.69 Å². The number of nitrogens with one attached hydrogen (secondary N) is 1. The van der Waals surface area contributed by atoms with E-state index < -0.39 is 0 Å². The van der Waals surface area contributed by atoms with Gasteiger partial charge in [0.05, 0.1) is 13.7 Å². The number of anilines is 1. The monoisotopic (exact) mass is 272 g/mol. The van der Waals surface area contributed by atoms with Gasteiger partial charge in [0.1, 0.15) is 11.3 Å². The molecule has 104 valence electrons. The Labute approximate surface area is 117 Å². The molecule has 20 heavy (non-hydrogen) atoms. The van der Waals surface area contributed by atoms with Crippen molar-refractivity contribution in [2.45, 2.75) is 6.92 Å². The number of benzene rings is 1. The van der Waals surface area contributed by atoms with Crippen LogP contribution in [0.5, 0.6) is 11.6 Å². The molecule has 0 saturated heterocycles. The second kappa shape index (κ2) is 6.56. The topological polar surface area (TPSA) is 60.5 Å². The first-order valence-corrected chi connectivity index (χ1v) is 6.27. The van der Waals surface area contributed by atoms with Crippen LogP contribution in [-0.2, 0) is 0 Å². The first-order chi connectivity index (χ1) is 9.74. The van der Waals surface area contributed by atoms with Gasteiger partial charge in [-0.1, -0.05) is 0 Å². The van der Waals surface area contributed by atoms with Gasteiger partial charge in [0.25, 0.3) is 5.91 Å². The van der Waals surface area contributed by atoms with Crippen LogP contribution < -0.4 is 14.8 Å². The molecule has 1 N–H and O–H groups in total. The summed E-state index contributed by atoms with van der Waals surface area (Å²) in [5.74, 6) is 0.812. The van der Waals surface area contributed by atoms with Gasteiger partial charge in [-0.2, -0.15) is 0 Å². The number of hydrogen-bond donors (Lipinski definition) is 1. The summed E-state index contributed by atoms with van der Waals surface area (Å²) in [4.78, 5) is 16.3. The van der Waals surface area contributed by atoms with E-state index in [-0.39, 0.29) is 5.91 Å². The Morgan fingerprint density at radius 1 is 1.25 bits per heavy atom. The number of hydrogen-bond acceptors (Lipinski definition) is 4. The maximum Gasteiger partial charge on any atom is 0.261 e. The van der Waals surface area contributed by atoms with E-state index in [4.69, 9.17) is 9.47 Å². The van der Waals surface area contributed by atoms with Crippen molar-refractivity contribution in [3.05, 3.63) is 48.2 Å². The predicted molar refractivity (Wildman–Crippen MR) is 76.4 cm³/mol. The molecule has 0 aliphatic carbocycles. The number of amides is 1. The van der Waals surface area contributed by atoms with E-state index in [1.54, 1.807) is 49.7 Å². The fraction of sp³-hybridized carbons (Fsp3) is 0.200. The Kier molecular flexibility index (Phi) is 4.55. The number of aromatic nitrogens is 1. The zero-order chi connectivity index (χ0) is 14.4. The van der Waals surface area contributed by atoms with Gasteiger partial charge in [0.2, 0.25) is 5.88 Å². The van der Waals surface area contributed by atoms with Gasteiger partial charge in [-0.25, -0.2) is 4.98 Å². The Morgan fingerprint density at radius 3 is 2.65 bits per heavy atom. The number of methoxy groups -OCH3 is 1. The van der Waals surface area contributed by atoms with Crippen LogP contribution in [-0.4, -0.2) is 24.6 Å². The van der Waals surface area contributed by atoms with Gasteiger partial charge in [0, 0.05) is 11.9 Å². The van der Waals surface area contributed by atoms with E-state index in [9.17, 15) is 4.79 Å². The number of ether oxygens (including phenoxy) is 2. The van der Waals surface area contributed by atoms with E-state index >= 15 is 0 Å². The van der Waals surface area contributed by atoms with E-state index in [1.165, 1.54) is 0 Å². The molecule has 0 radical (unpaired) electrons. The van der Waals surface area contributed by atoms with Crippen LogP contribution in [0.15, 0.2) is 42.6 Å². The minimum Gasteiger partial charge on any atom is -0.497 e. The van der Waals surface area contributed by atoms with Crippen LogP contribution in [0.3, 0.4) is 0 Å². The van der Waals surface area contributed by atoms with Crippen molar-refractivity contribution in [2.24, 2.45) is 0 Å². The molecule has 0 aliphatic rings. The SMILES string of the molecule is CCOc1ncccc1C(=O)Nc1ccc(OC)cc1. The molecule has 2 aromatic rings. The van der Waals surface area contributed by atoms with Gasteiger partial charge in [-0.3, -0.25) is 4.79 Å². The minimum absolute atomic E-state index is 0.258. The summed E-state index contributed by atoms with van der Waals surface area (Å²) in [6.07, 6.45) is 1.59. The molecule has 5 heteroatoms. The highest BCUT2D eigenvalue weighted by Crippen LogP contribution is 2.19. The molecule has 0 unspecified atom stereocenters. The standard InChI is InChI=1S/C15H16N2O3/c1-3-20-15-13(5-4-10-16-15)14(18)17-11-6-8-12(19-2)9-7-11/h4-10H,3H2,1-2H3,(H,17,18). The molecular formula is C15H16N2O3. The summed E-state index contributed by atoms with van der Waals surface area (Å²) in [5, 5.41) is 2.79. The average molecular weight is 272 g/mol. The summed E-state index contributed by atoms with van der Waals surface area (Å²) in [6.45, 7) is 2.31. The summed E-state index contributed by atoms with van der Waals surface area (Å²) in [6, 6.07) is 10.5. The highest BCUT2D eigenvalue weighted by atomic mass is 16.5.